The predicted molar refractivity (Wildman–Crippen MR) is 120 cm³/mol. The first-order valence-electron chi connectivity index (χ1n) is 9.97. The molecule has 1 atom stereocenters. The van der Waals surface area contributed by atoms with Crippen LogP contribution in [-0.4, -0.2) is 24.7 Å². The van der Waals surface area contributed by atoms with Gasteiger partial charge in [0, 0.05) is 6.42 Å². The number of hydrogen-bond donors (Lipinski definition) is 0. The summed E-state index contributed by atoms with van der Waals surface area (Å²) in [5, 5.41) is 4.27. The molecule has 4 rings (SSSR count). The molecule has 28 heavy (non-hydrogen) atoms. The average Bonchev–Trinajstić information content (AvgIpc) is 3.10. The summed E-state index contributed by atoms with van der Waals surface area (Å²) in [6.45, 7) is 4.67. The van der Waals surface area contributed by atoms with Crippen LogP contribution in [0.4, 0.5) is 0 Å². The molecule has 0 spiro atoms. The Hall–Kier alpha value is -1.99. The third kappa shape index (κ3) is 3.91. The highest BCUT2D eigenvalue weighted by molar-refractivity contribution is 7.95. The van der Waals surface area contributed by atoms with Crippen LogP contribution in [0.25, 0.3) is 0 Å². The van der Waals surface area contributed by atoms with Gasteiger partial charge in [-0.3, -0.25) is 0 Å². The van der Waals surface area contributed by atoms with E-state index in [1.165, 1.54) is 15.9 Å². The predicted octanol–water partition coefficient (Wildman–Crippen LogP) is 4.52. The maximum absolute atomic E-state index is 6.15. The Bertz CT molecular complexity index is 782. The van der Waals surface area contributed by atoms with Gasteiger partial charge in [-0.25, -0.2) is 0 Å². The summed E-state index contributed by atoms with van der Waals surface area (Å²) >= 11 is 0. The highest BCUT2D eigenvalue weighted by Crippen LogP contribution is 2.56. The van der Waals surface area contributed by atoms with Crippen LogP contribution in [0.3, 0.4) is 0 Å². The summed E-state index contributed by atoms with van der Waals surface area (Å²) in [5.74, 6) is -0.474. The van der Waals surface area contributed by atoms with Gasteiger partial charge in [0.25, 0.3) is 0 Å². The lowest BCUT2D eigenvalue weighted by Gasteiger charge is -2.28. The second-order valence-corrected chi connectivity index (χ2v) is 11.4. The molecule has 0 aromatic heterocycles. The van der Waals surface area contributed by atoms with Crippen molar-refractivity contribution < 1.29 is 9.47 Å². The second kappa shape index (κ2) is 8.17. The zero-order valence-corrected chi connectivity index (χ0v) is 17.5. The lowest BCUT2D eigenvalue weighted by atomic mass is 10.3. The Morgan fingerprint density at radius 3 is 1.54 bits per heavy atom. The van der Waals surface area contributed by atoms with Crippen LogP contribution in [-0.2, 0) is 9.47 Å². The molecular formula is C25H28O2P+. The molecule has 1 aliphatic heterocycles. The molecule has 0 bridgehead atoms. The monoisotopic (exact) mass is 391 g/mol. The highest BCUT2D eigenvalue weighted by Gasteiger charge is 2.46. The van der Waals surface area contributed by atoms with E-state index in [-0.39, 0.29) is 6.10 Å². The van der Waals surface area contributed by atoms with Gasteiger partial charge in [-0.2, -0.15) is 0 Å². The van der Waals surface area contributed by atoms with Crippen LogP contribution in [0.2, 0.25) is 0 Å². The first kappa shape index (κ1) is 19.3. The fourth-order valence-electron chi connectivity index (χ4n) is 4.12. The standard InChI is InChI=1S/C25H28O2P/c1-25(2)26-20-21(27-25)18-19-28(22-12-6-3-7-13-22,23-14-8-4-9-15-23)24-16-10-5-11-17-24/h3-17,21H,18-20H2,1-2H3/q+1. The van der Waals surface area contributed by atoms with Crippen molar-refractivity contribution >= 4 is 23.2 Å². The summed E-state index contributed by atoms with van der Waals surface area (Å²) in [4.78, 5) is 0. The molecule has 0 N–H and O–H groups in total. The van der Waals surface area contributed by atoms with Crippen molar-refractivity contribution in [2.45, 2.75) is 32.2 Å². The van der Waals surface area contributed by atoms with Crippen molar-refractivity contribution in [1.29, 1.82) is 0 Å². The molecule has 0 radical (unpaired) electrons. The Morgan fingerprint density at radius 2 is 1.18 bits per heavy atom. The molecule has 1 unspecified atom stereocenters. The maximum atomic E-state index is 6.15. The van der Waals surface area contributed by atoms with Crippen LogP contribution in [0.5, 0.6) is 0 Å². The molecule has 1 fully saturated rings. The lowest BCUT2D eigenvalue weighted by molar-refractivity contribution is -0.138. The molecular weight excluding hydrogens is 363 g/mol. The Balaban J connectivity index is 1.79. The molecule has 0 saturated carbocycles. The van der Waals surface area contributed by atoms with Crippen molar-refractivity contribution in [3.05, 3.63) is 91.0 Å². The van der Waals surface area contributed by atoms with Crippen LogP contribution in [0, 0.1) is 0 Å². The number of hydrogen-bond acceptors (Lipinski definition) is 2. The van der Waals surface area contributed by atoms with Crippen molar-refractivity contribution in [2.75, 3.05) is 12.8 Å². The van der Waals surface area contributed by atoms with Gasteiger partial charge in [-0.1, -0.05) is 54.6 Å². The van der Waals surface area contributed by atoms with Gasteiger partial charge in [0.1, 0.15) is 23.2 Å². The van der Waals surface area contributed by atoms with Crippen LogP contribution >= 0.6 is 7.26 Å². The van der Waals surface area contributed by atoms with E-state index in [1.807, 2.05) is 13.8 Å². The third-order valence-electron chi connectivity index (χ3n) is 5.44. The second-order valence-electron chi connectivity index (χ2n) is 7.78. The smallest absolute Gasteiger partial charge is 0.163 e. The van der Waals surface area contributed by atoms with Gasteiger partial charge in [0.2, 0.25) is 0 Å². The van der Waals surface area contributed by atoms with E-state index in [0.29, 0.717) is 6.61 Å². The molecule has 0 amide bonds. The van der Waals surface area contributed by atoms with Gasteiger partial charge in [-0.15, -0.1) is 0 Å². The van der Waals surface area contributed by atoms with E-state index in [9.17, 15) is 0 Å². The minimum atomic E-state index is -1.78. The van der Waals surface area contributed by atoms with Gasteiger partial charge >= 0.3 is 0 Å². The first-order chi connectivity index (χ1) is 13.6. The number of ether oxygens (including phenoxy) is 2. The van der Waals surface area contributed by atoms with Gasteiger partial charge in [0.15, 0.2) is 5.79 Å². The summed E-state index contributed by atoms with van der Waals surface area (Å²) in [7, 11) is -1.78. The molecule has 1 saturated heterocycles. The maximum Gasteiger partial charge on any atom is 0.163 e. The fourth-order valence-corrected chi connectivity index (χ4v) is 8.51. The highest BCUT2D eigenvalue weighted by atomic mass is 31.2. The van der Waals surface area contributed by atoms with E-state index in [1.54, 1.807) is 0 Å². The Morgan fingerprint density at radius 1 is 0.750 bits per heavy atom. The van der Waals surface area contributed by atoms with E-state index < -0.39 is 13.0 Å². The molecule has 1 heterocycles. The van der Waals surface area contributed by atoms with E-state index >= 15 is 0 Å². The van der Waals surface area contributed by atoms with Gasteiger partial charge in [0.05, 0.1) is 18.9 Å². The zero-order valence-electron chi connectivity index (χ0n) is 16.6. The molecule has 144 valence electrons. The van der Waals surface area contributed by atoms with Crippen LogP contribution in [0.15, 0.2) is 91.0 Å². The quantitative estimate of drug-likeness (QED) is 0.575. The summed E-state index contributed by atoms with van der Waals surface area (Å²) in [6, 6.07) is 33.0. The zero-order chi connectivity index (χ0) is 19.5. The molecule has 3 aromatic carbocycles. The SMILES string of the molecule is CC1(C)OCC(CC[P+](c2ccccc2)(c2ccccc2)c2ccccc2)O1. The largest absolute Gasteiger partial charge is 0.348 e. The molecule has 0 aliphatic carbocycles. The van der Waals surface area contributed by atoms with Crippen LogP contribution in [0.1, 0.15) is 20.3 Å². The van der Waals surface area contributed by atoms with E-state index in [0.717, 1.165) is 12.6 Å². The topological polar surface area (TPSA) is 18.5 Å². The minimum absolute atomic E-state index is 0.144. The normalized spacial score (nSPS) is 18.9. The van der Waals surface area contributed by atoms with Gasteiger partial charge in [-0.05, 0) is 50.2 Å². The van der Waals surface area contributed by atoms with Gasteiger partial charge < -0.3 is 9.47 Å². The molecule has 3 heteroatoms. The summed E-state index contributed by atoms with van der Waals surface area (Å²) in [6.07, 6.45) is 2.19. The number of rotatable bonds is 6. The molecule has 2 nitrogen and oxygen atoms in total. The first-order valence-corrected chi connectivity index (χ1v) is 11.9. The van der Waals surface area contributed by atoms with Crippen LogP contribution < -0.4 is 15.9 Å². The molecule has 1 aliphatic rings. The Kier molecular flexibility index (Phi) is 5.64. The minimum Gasteiger partial charge on any atom is -0.348 e. The van der Waals surface area contributed by atoms with Crippen molar-refractivity contribution in [3.8, 4) is 0 Å². The average molecular weight is 391 g/mol. The fraction of sp³-hybridized carbons (Fsp3) is 0.280. The van der Waals surface area contributed by atoms with E-state index in [4.69, 9.17) is 9.47 Å². The summed E-state index contributed by atoms with van der Waals surface area (Å²) < 4.78 is 12.0. The molecule has 3 aromatic rings. The van der Waals surface area contributed by atoms with Crippen molar-refractivity contribution in [1.82, 2.24) is 0 Å². The van der Waals surface area contributed by atoms with Crippen molar-refractivity contribution in [3.63, 3.8) is 0 Å². The summed E-state index contributed by atoms with van der Waals surface area (Å²) in [5.41, 5.74) is 0. The lowest BCUT2D eigenvalue weighted by Crippen LogP contribution is -2.34. The third-order valence-corrected chi connectivity index (χ3v) is 9.91. The van der Waals surface area contributed by atoms with E-state index in [2.05, 4.69) is 91.0 Å². The Labute approximate surface area is 168 Å². The number of benzene rings is 3. The van der Waals surface area contributed by atoms with Crippen molar-refractivity contribution in [2.24, 2.45) is 0 Å².